The van der Waals surface area contributed by atoms with Crippen molar-refractivity contribution in [1.82, 2.24) is 0 Å². The third kappa shape index (κ3) is 2.40. The average molecular weight is 520 g/mol. The topological polar surface area (TPSA) is 21.6 Å². The molecule has 1 saturated heterocycles. The Labute approximate surface area is 232 Å². The molecule has 1 fully saturated rings. The van der Waals surface area contributed by atoms with E-state index in [1.807, 2.05) is 11.8 Å². The van der Waals surface area contributed by atoms with Crippen LogP contribution in [0.5, 0.6) is 0 Å². The fourth-order valence-electron chi connectivity index (χ4n) is 7.64. The second-order valence-electron chi connectivity index (χ2n) is 11.2. The quantitative estimate of drug-likeness (QED) is 0.208. The number of rotatable bonds is 1. The van der Waals surface area contributed by atoms with Crippen LogP contribution < -0.4 is 0 Å². The molecule has 0 N–H and O–H groups in total. The van der Waals surface area contributed by atoms with Crippen LogP contribution in [0.1, 0.15) is 38.9 Å². The minimum Gasteiger partial charge on any atom is -0.457 e. The highest BCUT2D eigenvalue weighted by atomic mass is 32.2. The Morgan fingerprint density at radius 2 is 1.00 bits per heavy atom. The molecule has 39 heavy (non-hydrogen) atoms. The van der Waals surface area contributed by atoms with Crippen LogP contribution in [0.3, 0.4) is 0 Å². The molecule has 1 unspecified atom stereocenters. The van der Waals surface area contributed by atoms with E-state index in [0.717, 1.165) is 11.5 Å². The highest BCUT2D eigenvalue weighted by molar-refractivity contribution is 8.09. The van der Waals surface area contributed by atoms with Crippen molar-refractivity contribution in [3.8, 4) is 22.3 Å². The molecule has 0 bridgehead atoms. The van der Waals surface area contributed by atoms with Gasteiger partial charge < -0.3 is 4.74 Å². The Hall–Kier alpha value is -4.08. The maximum Gasteiger partial charge on any atom is 0.219 e. The molecule has 0 amide bonds. The van der Waals surface area contributed by atoms with Gasteiger partial charge in [-0.3, -0.25) is 0 Å². The maximum atomic E-state index is 7.38. The van der Waals surface area contributed by atoms with Crippen molar-refractivity contribution in [3.05, 3.63) is 154 Å². The molecule has 0 saturated carbocycles. The van der Waals surface area contributed by atoms with E-state index in [2.05, 4.69) is 129 Å². The molecule has 186 valence electrons. The van der Waals surface area contributed by atoms with Crippen molar-refractivity contribution < 1.29 is 4.74 Å². The molecule has 9 rings (SSSR count). The summed E-state index contributed by atoms with van der Waals surface area (Å²) in [5.74, 6) is 0.736. The van der Waals surface area contributed by atoms with Gasteiger partial charge in [0, 0.05) is 16.7 Å². The Morgan fingerprint density at radius 3 is 1.51 bits per heavy atom. The van der Waals surface area contributed by atoms with Crippen molar-refractivity contribution in [2.75, 3.05) is 0 Å². The van der Waals surface area contributed by atoms with Crippen LogP contribution in [0.15, 0.2) is 120 Å². The van der Waals surface area contributed by atoms with Gasteiger partial charge in [0.2, 0.25) is 5.90 Å². The second kappa shape index (κ2) is 7.11. The number of ether oxygens (including phenoxy) is 1. The molecule has 0 aromatic heterocycles. The van der Waals surface area contributed by atoms with Crippen LogP contribution in [0.2, 0.25) is 0 Å². The minimum atomic E-state index is -0.748. The lowest BCUT2D eigenvalue weighted by Crippen LogP contribution is -2.43. The van der Waals surface area contributed by atoms with Crippen molar-refractivity contribution in [2.45, 2.75) is 29.1 Å². The Balaban J connectivity index is 1.40. The number of hydrogen-bond donors (Lipinski definition) is 0. The van der Waals surface area contributed by atoms with E-state index in [4.69, 9.17) is 9.73 Å². The third-order valence-corrected chi connectivity index (χ3v) is 10.8. The molecule has 0 radical (unpaired) electrons. The number of aliphatic imine (C=N–C) groups is 1. The molecule has 4 aliphatic rings. The summed E-state index contributed by atoms with van der Waals surface area (Å²) in [6.45, 7) is 4.29. The van der Waals surface area contributed by atoms with Gasteiger partial charge in [-0.2, -0.15) is 0 Å². The van der Waals surface area contributed by atoms with Crippen molar-refractivity contribution in [2.24, 2.45) is 4.99 Å². The first kappa shape index (κ1) is 21.8. The van der Waals surface area contributed by atoms with Crippen LogP contribution in [-0.4, -0.2) is 10.8 Å². The van der Waals surface area contributed by atoms with Crippen molar-refractivity contribution in [1.29, 1.82) is 0 Å². The number of benzene rings is 5. The summed E-state index contributed by atoms with van der Waals surface area (Å²) >= 11 is 1.96. The summed E-state index contributed by atoms with van der Waals surface area (Å²) in [5, 5.41) is 0. The summed E-state index contributed by atoms with van der Waals surface area (Å²) < 4.78 is 7.04. The molecular weight excluding hydrogens is 494 g/mol. The zero-order chi connectivity index (χ0) is 26.0. The van der Waals surface area contributed by atoms with Gasteiger partial charge in [-0.1, -0.05) is 114 Å². The molecule has 1 atom stereocenters. The molecule has 3 spiro atoms. The summed E-state index contributed by atoms with van der Waals surface area (Å²) in [5.41, 5.74) is 12.9. The van der Waals surface area contributed by atoms with E-state index in [9.17, 15) is 0 Å². The van der Waals surface area contributed by atoms with Gasteiger partial charge in [-0.05, 0) is 59.4 Å². The number of aryl methyl sites for hydroxylation is 2. The van der Waals surface area contributed by atoms with Crippen LogP contribution in [-0.2, 0) is 15.1 Å². The lowest BCUT2D eigenvalue weighted by Gasteiger charge is -2.33. The second-order valence-corrected chi connectivity index (χ2v) is 12.6. The van der Waals surface area contributed by atoms with Gasteiger partial charge in [0.25, 0.3) is 0 Å². The molecule has 5 aromatic rings. The van der Waals surface area contributed by atoms with Crippen LogP contribution in [0.4, 0.5) is 0 Å². The zero-order valence-electron chi connectivity index (χ0n) is 21.7. The normalized spacial score (nSPS) is 21.3. The van der Waals surface area contributed by atoms with Gasteiger partial charge in [0.15, 0.2) is 10.5 Å². The summed E-state index contributed by atoms with van der Waals surface area (Å²) in [7, 11) is 0. The number of nitrogens with zero attached hydrogens (tertiary/aromatic N) is 1. The summed E-state index contributed by atoms with van der Waals surface area (Å²) in [6.07, 6.45) is 0. The van der Waals surface area contributed by atoms with Gasteiger partial charge in [0.1, 0.15) is 4.75 Å². The van der Waals surface area contributed by atoms with Crippen LogP contribution >= 0.6 is 11.8 Å². The monoisotopic (exact) mass is 519 g/mol. The molecule has 2 nitrogen and oxygen atoms in total. The van der Waals surface area contributed by atoms with E-state index >= 15 is 0 Å². The predicted molar refractivity (Wildman–Crippen MR) is 159 cm³/mol. The van der Waals surface area contributed by atoms with E-state index in [-0.39, 0.29) is 4.75 Å². The van der Waals surface area contributed by atoms with E-state index in [1.54, 1.807) is 0 Å². The van der Waals surface area contributed by atoms with Crippen LogP contribution in [0, 0.1) is 13.8 Å². The molecule has 5 aromatic carbocycles. The first-order chi connectivity index (χ1) is 19.1. The first-order valence-corrected chi connectivity index (χ1v) is 14.4. The standard InChI is InChI=1S/C36H25NOS/c1-22-19-23(2)21-24(20-22)33-37-36(34(38-33)29-15-7-3-11-25(29)26-12-4-8-16-30(26)34)35(39-36)31-17-9-5-13-27(31)28-14-6-10-18-32(28)35/h3-21H,1-2H3. The maximum absolute atomic E-state index is 7.38. The molecular formula is C36H25NOS. The third-order valence-electron chi connectivity index (χ3n) is 9.00. The number of thioether (sulfide) groups is 1. The molecule has 2 aliphatic heterocycles. The average Bonchev–Trinajstić information content (AvgIpc) is 3.22. The summed E-state index contributed by atoms with van der Waals surface area (Å²) in [6, 6.07) is 42.0. The molecule has 2 heterocycles. The van der Waals surface area contributed by atoms with Crippen molar-refractivity contribution in [3.63, 3.8) is 0 Å². The van der Waals surface area contributed by atoms with Gasteiger partial charge in [0.05, 0.1) is 0 Å². The smallest absolute Gasteiger partial charge is 0.219 e. The summed E-state index contributed by atoms with van der Waals surface area (Å²) in [4.78, 5) is 5.12. The highest BCUT2D eigenvalue weighted by Gasteiger charge is 2.87. The van der Waals surface area contributed by atoms with E-state index in [0.29, 0.717) is 0 Å². The lowest BCUT2D eigenvalue weighted by molar-refractivity contribution is 0.0946. The zero-order valence-corrected chi connectivity index (χ0v) is 22.5. The Bertz CT molecular complexity index is 1810. The highest BCUT2D eigenvalue weighted by Crippen LogP contribution is 2.86. The lowest BCUT2D eigenvalue weighted by atomic mass is 9.75. The first-order valence-electron chi connectivity index (χ1n) is 13.6. The predicted octanol–water partition coefficient (Wildman–Crippen LogP) is 8.37. The van der Waals surface area contributed by atoms with Gasteiger partial charge in [-0.25, -0.2) is 4.99 Å². The fraction of sp³-hybridized carbons (Fsp3) is 0.139. The Morgan fingerprint density at radius 1 is 0.564 bits per heavy atom. The van der Waals surface area contributed by atoms with E-state index < -0.39 is 10.5 Å². The largest absolute Gasteiger partial charge is 0.457 e. The van der Waals surface area contributed by atoms with Crippen molar-refractivity contribution >= 4 is 17.7 Å². The Kier molecular flexibility index (Phi) is 3.97. The van der Waals surface area contributed by atoms with Gasteiger partial charge >= 0.3 is 0 Å². The van der Waals surface area contributed by atoms with E-state index in [1.165, 1.54) is 55.6 Å². The minimum absolute atomic E-state index is 0.342. The molecule has 3 heteroatoms. The fourth-order valence-corrected chi connectivity index (χ4v) is 9.55. The van der Waals surface area contributed by atoms with Gasteiger partial charge in [-0.15, -0.1) is 11.8 Å². The van der Waals surface area contributed by atoms with Crippen LogP contribution in [0.25, 0.3) is 22.3 Å². The molecule has 2 aliphatic carbocycles. The number of fused-ring (bicyclic) bond motifs is 12. The SMILES string of the molecule is Cc1cc(C)cc(C2=NC3(SC34c3ccccc3-c3ccccc34)C3(O2)c2ccccc2-c2ccccc23)c1. The number of hydrogen-bond acceptors (Lipinski definition) is 3.